The molecule has 3 aromatic rings. The van der Waals surface area contributed by atoms with E-state index < -0.39 is 0 Å². The number of hydrogen-bond acceptors (Lipinski definition) is 8. The number of hydrogen-bond donors (Lipinski definition) is 2. The summed E-state index contributed by atoms with van der Waals surface area (Å²) in [5.74, 6) is 1.81. The van der Waals surface area contributed by atoms with Crippen molar-refractivity contribution in [1.29, 1.82) is 0 Å². The highest BCUT2D eigenvalue weighted by atomic mass is 32.1. The number of thiophene rings is 1. The molecule has 37 heavy (non-hydrogen) atoms. The van der Waals surface area contributed by atoms with Crippen molar-refractivity contribution < 1.29 is 9.53 Å². The minimum atomic E-state index is 0.0304. The molecule has 0 fully saturated rings. The summed E-state index contributed by atoms with van der Waals surface area (Å²) < 4.78 is 6.25. The second-order valence-corrected chi connectivity index (χ2v) is 12.4. The van der Waals surface area contributed by atoms with Gasteiger partial charge in [0.15, 0.2) is 0 Å². The smallest absolute Gasteiger partial charge is 0.225 e. The molecule has 0 saturated heterocycles. The third-order valence-corrected chi connectivity index (χ3v) is 7.98. The predicted molar refractivity (Wildman–Crippen MR) is 150 cm³/mol. The van der Waals surface area contributed by atoms with Crippen molar-refractivity contribution in [3.05, 3.63) is 40.0 Å². The average molecular weight is 521 g/mol. The van der Waals surface area contributed by atoms with Gasteiger partial charge in [0, 0.05) is 44.2 Å². The van der Waals surface area contributed by atoms with Gasteiger partial charge in [-0.3, -0.25) is 9.79 Å². The van der Waals surface area contributed by atoms with Crippen LogP contribution < -0.4 is 15.4 Å². The Morgan fingerprint density at radius 2 is 2.08 bits per heavy atom. The van der Waals surface area contributed by atoms with Gasteiger partial charge in [-0.2, -0.15) is 0 Å². The molecule has 196 valence electrons. The fourth-order valence-corrected chi connectivity index (χ4v) is 6.23. The van der Waals surface area contributed by atoms with Crippen LogP contribution in [0.1, 0.15) is 48.8 Å². The average Bonchev–Trinajstić information content (AvgIpc) is 3.46. The van der Waals surface area contributed by atoms with E-state index in [9.17, 15) is 4.79 Å². The van der Waals surface area contributed by atoms with Crippen LogP contribution >= 0.6 is 11.3 Å². The number of aliphatic imine (C=N–C) groups is 1. The summed E-state index contributed by atoms with van der Waals surface area (Å²) in [5, 5.41) is 8.11. The molecule has 9 heteroatoms. The largest absolute Gasteiger partial charge is 0.490 e. The molecule has 1 amide bonds. The summed E-state index contributed by atoms with van der Waals surface area (Å²) in [6.07, 6.45) is 5.98. The minimum Gasteiger partial charge on any atom is -0.490 e. The summed E-state index contributed by atoms with van der Waals surface area (Å²) >= 11 is 1.68. The molecule has 0 unspecified atom stereocenters. The quantitative estimate of drug-likeness (QED) is 0.423. The summed E-state index contributed by atoms with van der Waals surface area (Å²) in [5.41, 5.74) is 4.64. The van der Waals surface area contributed by atoms with Gasteiger partial charge < -0.3 is 20.3 Å². The minimum absolute atomic E-state index is 0.0304. The van der Waals surface area contributed by atoms with Crippen LogP contribution in [0.2, 0.25) is 0 Å². The molecule has 3 heterocycles. The van der Waals surface area contributed by atoms with Crippen LogP contribution in [0.3, 0.4) is 0 Å². The van der Waals surface area contributed by atoms with Gasteiger partial charge in [0.2, 0.25) is 5.91 Å². The van der Waals surface area contributed by atoms with Gasteiger partial charge in [0.25, 0.3) is 0 Å². The maximum absolute atomic E-state index is 12.6. The zero-order valence-electron chi connectivity index (χ0n) is 22.4. The number of nitrogens with zero attached hydrogens (tertiary/aromatic N) is 4. The maximum atomic E-state index is 12.6. The van der Waals surface area contributed by atoms with Crippen LogP contribution in [0.5, 0.6) is 5.75 Å². The normalized spacial score (nSPS) is 16.5. The molecule has 5 rings (SSSR count). The third-order valence-electron chi connectivity index (χ3n) is 6.81. The van der Waals surface area contributed by atoms with E-state index in [0.717, 1.165) is 65.4 Å². The summed E-state index contributed by atoms with van der Waals surface area (Å²) in [6, 6.07) is 4.19. The first-order chi connectivity index (χ1) is 17.7. The van der Waals surface area contributed by atoms with Gasteiger partial charge in [-0.15, -0.1) is 11.3 Å². The molecule has 2 aromatic heterocycles. The van der Waals surface area contributed by atoms with E-state index in [1.54, 1.807) is 22.6 Å². The molecule has 2 N–H and O–H groups in total. The van der Waals surface area contributed by atoms with Crippen LogP contribution in [-0.2, 0) is 24.2 Å². The van der Waals surface area contributed by atoms with Crippen LogP contribution in [-0.4, -0.2) is 60.8 Å². The first-order valence-electron chi connectivity index (χ1n) is 12.9. The molecule has 0 radical (unpaired) electrons. The Morgan fingerprint density at radius 1 is 1.24 bits per heavy atom. The van der Waals surface area contributed by atoms with E-state index in [1.165, 1.54) is 16.0 Å². The molecular formula is C28H36N6O2S. The van der Waals surface area contributed by atoms with Gasteiger partial charge in [-0.05, 0) is 53.5 Å². The predicted octanol–water partition coefficient (Wildman–Crippen LogP) is 4.58. The Labute approximate surface area is 222 Å². The second-order valence-electron chi connectivity index (χ2n) is 11.3. The van der Waals surface area contributed by atoms with E-state index in [-0.39, 0.29) is 17.2 Å². The monoisotopic (exact) mass is 520 g/mol. The van der Waals surface area contributed by atoms with Crippen LogP contribution in [0.15, 0.2) is 23.5 Å². The zero-order chi connectivity index (χ0) is 26.2. The molecule has 1 aliphatic carbocycles. The highest BCUT2D eigenvalue weighted by molar-refractivity contribution is 7.19. The lowest BCUT2D eigenvalue weighted by Crippen LogP contribution is -2.32. The Morgan fingerprint density at radius 3 is 2.86 bits per heavy atom. The zero-order valence-corrected chi connectivity index (χ0v) is 23.2. The standard InChI is InChI=1S/C28H36N6O2S/c1-28(2,3)15-29-8-9-36-22-11-19-14-30-13-18(19)10-21(22)33-25-24-20-7-6-17(27(35)34(4)5)12-23(20)37-26(24)32-16-31-25/h10-11,13,16-17,29H,6-9,12,14-15H2,1-5H3,(H,31,32,33)/t17-/m0/s1. The number of fused-ring (bicyclic) bond motifs is 4. The van der Waals surface area contributed by atoms with E-state index in [0.29, 0.717) is 13.2 Å². The number of amides is 1. The summed E-state index contributed by atoms with van der Waals surface area (Å²) in [7, 11) is 3.66. The number of aryl methyl sites for hydroxylation is 1. The molecule has 1 aromatic carbocycles. The molecule has 0 saturated carbocycles. The molecule has 8 nitrogen and oxygen atoms in total. The van der Waals surface area contributed by atoms with Gasteiger partial charge in [0.1, 0.15) is 29.3 Å². The van der Waals surface area contributed by atoms with Crippen molar-refractivity contribution in [2.45, 2.75) is 46.6 Å². The van der Waals surface area contributed by atoms with Crippen LogP contribution in [0, 0.1) is 11.3 Å². The fourth-order valence-electron chi connectivity index (χ4n) is 4.96. The molecular weight excluding hydrogens is 484 g/mol. The Bertz CT molecular complexity index is 1340. The topological polar surface area (TPSA) is 91.7 Å². The Balaban J connectivity index is 1.40. The number of ether oxygens (including phenoxy) is 1. The van der Waals surface area contributed by atoms with Gasteiger partial charge in [0.05, 0.1) is 17.6 Å². The highest BCUT2D eigenvalue weighted by Gasteiger charge is 2.30. The molecule has 2 aliphatic rings. The van der Waals surface area contributed by atoms with Crippen LogP contribution in [0.4, 0.5) is 11.5 Å². The highest BCUT2D eigenvalue weighted by Crippen LogP contribution is 2.42. The number of carbonyl (C=O) groups excluding carboxylic acids is 1. The number of carbonyl (C=O) groups is 1. The van der Waals surface area contributed by atoms with Crippen LogP contribution in [0.25, 0.3) is 10.2 Å². The first-order valence-corrected chi connectivity index (χ1v) is 13.7. The Kier molecular flexibility index (Phi) is 7.18. The number of rotatable bonds is 8. The Hall–Kier alpha value is -3.04. The first kappa shape index (κ1) is 25.6. The van der Waals surface area contributed by atoms with Crippen molar-refractivity contribution in [3.63, 3.8) is 0 Å². The van der Waals surface area contributed by atoms with Crippen molar-refractivity contribution >= 4 is 45.2 Å². The van der Waals surface area contributed by atoms with Gasteiger partial charge in [-0.1, -0.05) is 20.8 Å². The maximum Gasteiger partial charge on any atom is 0.225 e. The van der Waals surface area contributed by atoms with Crippen molar-refractivity contribution in [1.82, 2.24) is 20.2 Å². The second kappa shape index (κ2) is 10.4. The fraction of sp³-hybridized carbons (Fsp3) is 0.500. The molecule has 0 bridgehead atoms. The van der Waals surface area contributed by atoms with Crippen molar-refractivity contribution in [2.75, 3.05) is 39.1 Å². The summed E-state index contributed by atoms with van der Waals surface area (Å²) in [4.78, 5) is 30.2. The molecule has 1 aliphatic heterocycles. The number of aromatic nitrogens is 2. The number of anilines is 2. The third kappa shape index (κ3) is 5.62. The lowest BCUT2D eigenvalue weighted by atomic mass is 9.87. The number of nitrogens with one attached hydrogen (secondary N) is 2. The number of benzene rings is 1. The molecule has 1 atom stereocenters. The van der Waals surface area contributed by atoms with E-state index in [1.807, 2.05) is 20.3 Å². The van der Waals surface area contributed by atoms with E-state index >= 15 is 0 Å². The van der Waals surface area contributed by atoms with Gasteiger partial charge in [-0.25, -0.2) is 9.97 Å². The summed E-state index contributed by atoms with van der Waals surface area (Å²) in [6.45, 7) is 9.60. The van der Waals surface area contributed by atoms with E-state index in [4.69, 9.17) is 4.74 Å². The molecule has 0 spiro atoms. The lowest BCUT2D eigenvalue weighted by Gasteiger charge is -2.24. The van der Waals surface area contributed by atoms with Crippen molar-refractivity contribution in [3.8, 4) is 5.75 Å². The van der Waals surface area contributed by atoms with E-state index in [2.05, 4.69) is 58.5 Å². The van der Waals surface area contributed by atoms with Crippen molar-refractivity contribution in [2.24, 2.45) is 16.3 Å². The SMILES string of the molecule is CN(C)C(=O)[C@H]1CCc2c(sc3ncnc(Nc4cc5c(cc4OCCNCC(C)(C)C)CN=C5)c23)C1. The van der Waals surface area contributed by atoms with Gasteiger partial charge >= 0.3 is 0 Å². The lowest BCUT2D eigenvalue weighted by molar-refractivity contribution is -0.133.